The van der Waals surface area contributed by atoms with Crippen LogP contribution in [0, 0.1) is 0 Å². The van der Waals surface area contributed by atoms with Gasteiger partial charge >= 0.3 is 95.3 Å². The molecule has 0 unspecified atom stereocenters. The molecule has 0 heterocycles. The van der Waals surface area contributed by atoms with E-state index in [2.05, 4.69) is 0 Å². The summed E-state index contributed by atoms with van der Waals surface area (Å²) in [4.78, 5) is 0. The summed E-state index contributed by atoms with van der Waals surface area (Å²) in [5, 5.41) is 0. The average molecular weight is 1130 g/mol. The van der Waals surface area contributed by atoms with Crippen LogP contribution in [0.25, 0.3) is 0 Å². The molecule has 0 rings (SSSR count). The van der Waals surface area contributed by atoms with E-state index in [1.54, 1.807) is 0 Å². The van der Waals surface area contributed by atoms with E-state index < -0.39 is 143 Å². The van der Waals surface area contributed by atoms with Gasteiger partial charge in [0, 0.05) is 25.7 Å². The van der Waals surface area contributed by atoms with Gasteiger partial charge in [-0.2, -0.15) is 149 Å². The molecule has 0 fully saturated rings. The molecule has 0 spiro atoms. The van der Waals surface area contributed by atoms with E-state index in [1.807, 2.05) is 0 Å². The third kappa shape index (κ3) is 11.2. The summed E-state index contributed by atoms with van der Waals surface area (Å²) in [7, 11) is 5.94. The minimum Gasteiger partial charge on any atom is -0.328 e. The maximum atomic E-state index is 14.2. The number of alkyl halides is 34. The van der Waals surface area contributed by atoms with E-state index in [0.717, 1.165) is 49.8 Å². The maximum Gasteiger partial charge on any atom is 0.460 e. The molecule has 410 valence electrons. The molecular weight excluding hydrogens is 1100 g/mol. The fourth-order valence-electron chi connectivity index (χ4n) is 5.08. The molecule has 0 saturated carbocycles. The topological polar surface area (TPSA) is 0 Å². The van der Waals surface area contributed by atoms with Gasteiger partial charge < -0.3 is 8.97 Å². The van der Waals surface area contributed by atoms with Gasteiger partial charge in [-0.1, -0.05) is 21.6 Å². The molecule has 0 N–H and O–H groups in total. The molecule has 0 aliphatic heterocycles. The minimum atomic E-state index is -8.79. The van der Waals surface area contributed by atoms with Crippen LogP contribution in [0.15, 0.2) is 0 Å². The van der Waals surface area contributed by atoms with Crippen molar-refractivity contribution in [1.82, 2.24) is 0 Å². The molecule has 0 aromatic carbocycles. The summed E-state index contributed by atoms with van der Waals surface area (Å²) in [5.41, 5.74) is 0. The van der Waals surface area contributed by atoms with E-state index in [4.69, 9.17) is 0 Å². The van der Waals surface area contributed by atoms with Gasteiger partial charge in [0.15, 0.2) is 0 Å². The van der Waals surface area contributed by atoms with Crippen molar-refractivity contribution in [3.8, 4) is 0 Å². The van der Waals surface area contributed by atoms with Crippen molar-refractivity contribution in [2.75, 3.05) is 65.9 Å². The molecule has 2 nitrogen and oxygen atoms in total. The smallest absolute Gasteiger partial charge is 0.328 e. The SMILES string of the molecule is C[N+](C)(CCCC(F)(F)C(F)(F)C(F)(F)C(F)(F)C(F)(F)C(F)(F)C(F)(F)C(F)(F)F)CCSSCC[N+](C)(C)CCCC(F)(F)C(F)(F)C(F)(F)C(F)(F)C(F)(F)C(F)(F)C(F)(F)C(F)(F)F. The fourth-order valence-corrected chi connectivity index (χ4v) is 7.60. The second-order valence-corrected chi connectivity index (χ2v) is 18.6. The molecule has 0 aliphatic rings. The van der Waals surface area contributed by atoms with E-state index in [9.17, 15) is 149 Å². The Labute approximate surface area is 367 Å². The quantitative estimate of drug-likeness (QED) is 0.0348. The van der Waals surface area contributed by atoms with Crippen molar-refractivity contribution in [1.29, 1.82) is 0 Å². The molecule has 0 aliphatic carbocycles. The molecule has 0 amide bonds. The van der Waals surface area contributed by atoms with Gasteiger partial charge in [0.25, 0.3) is 0 Å². The number of quaternary nitrogens is 2. The predicted octanol–water partition coefficient (Wildman–Crippen LogP) is 14.1. The molecule has 38 heteroatoms. The summed E-state index contributed by atoms with van der Waals surface area (Å²) in [6.07, 6.45) is -24.1. The zero-order valence-corrected chi connectivity index (χ0v) is 35.3. The van der Waals surface area contributed by atoms with Crippen LogP contribution in [0.5, 0.6) is 0 Å². The Hall–Kier alpha value is -1.76. The first-order valence-electron chi connectivity index (χ1n) is 17.4. The van der Waals surface area contributed by atoms with Gasteiger partial charge in [0.2, 0.25) is 0 Å². The molecule has 0 bridgehead atoms. The van der Waals surface area contributed by atoms with Crippen molar-refractivity contribution < 1.29 is 158 Å². The third-order valence-electron chi connectivity index (χ3n) is 9.73. The second-order valence-electron chi connectivity index (χ2n) is 15.9. The zero-order chi connectivity index (χ0) is 55.5. The van der Waals surface area contributed by atoms with Gasteiger partial charge in [0.1, 0.15) is 0 Å². The zero-order valence-electron chi connectivity index (χ0n) is 33.6. The van der Waals surface area contributed by atoms with Crippen LogP contribution >= 0.6 is 21.6 Å². The Balaban J connectivity index is 5.54. The lowest BCUT2D eigenvalue weighted by atomic mass is 9.88. The maximum absolute atomic E-state index is 14.2. The van der Waals surface area contributed by atoms with E-state index in [-0.39, 0.29) is 24.6 Å². The lowest BCUT2D eigenvalue weighted by Crippen LogP contribution is -2.74. The number of hydrogen-bond donors (Lipinski definition) is 0. The van der Waals surface area contributed by atoms with Crippen LogP contribution in [0.4, 0.5) is 149 Å². The molecule has 68 heavy (non-hydrogen) atoms. The number of rotatable bonds is 27. The minimum absolute atomic E-state index is 0.146. The first kappa shape index (κ1) is 66.2. The second kappa shape index (κ2) is 19.3. The summed E-state index contributed by atoms with van der Waals surface area (Å²) in [5.74, 6) is -115. The van der Waals surface area contributed by atoms with Crippen LogP contribution in [-0.2, 0) is 0 Å². The van der Waals surface area contributed by atoms with Crippen LogP contribution in [0.2, 0.25) is 0 Å². The molecule has 0 aromatic heterocycles. The third-order valence-corrected chi connectivity index (χ3v) is 12.1. The molecule has 0 radical (unpaired) electrons. The van der Waals surface area contributed by atoms with E-state index >= 15 is 0 Å². The van der Waals surface area contributed by atoms with Crippen molar-refractivity contribution in [3.05, 3.63) is 0 Å². The molecule has 0 atom stereocenters. The Bertz CT molecular complexity index is 1540. The van der Waals surface area contributed by atoms with Gasteiger partial charge in [-0.25, -0.2) is 0 Å². The first-order chi connectivity index (χ1) is 29.1. The number of halogens is 34. The van der Waals surface area contributed by atoms with E-state index in [0.29, 0.717) is 0 Å². The summed E-state index contributed by atoms with van der Waals surface area (Å²) < 4.78 is 457. The highest BCUT2D eigenvalue weighted by Gasteiger charge is 2.97. The Kier molecular flexibility index (Phi) is 18.8. The van der Waals surface area contributed by atoms with Crippen LogP contribution < -0.4 is 0 Å². The average Bonchev–Trinajstić information content (AvgIpc) is 3.10. The molecular formula is C30H32F34N2S2+2. The lowest BCUT2D eigenvalue weighted by molar-refractivity contribution is -0.888. The molecule has 0 aromatic rings. The van der Waals surface area contributed by atoms with Crippen molar-refractivity contribution in [2.24, 2.45) is 0 Å². The molecule has 0 saturated heterocycles. The number of nitrogens with zero attached hydrogens (tertiary/aromatic N) is 2. The van der Waals surface area contributed by atoms with Gasteiger partial charge in [-0.15, -0.1) is 0 Å². The van der Waals surface area contributed by atoms with Gasteiger partial charge in [0.05, 0.1) is 65.9 Å². The standard InChI is InChI=1S/C30H32F34N2S2/c1-65(2,9-5-7-15(31,32)17(35,36)19(39,40)21(43,44)23(47,48)25(51,52)27(55,56)29(59,60)61)11-13-67-68-14-12-66(3,4)10-6-8-16(33,34)18(37,38)20(41,42)22(45,46)24(49,50)26(53,54)28(57,58)30(62,63)64/h5-14H2,1-4H3/q+2. The first-order valence-corrected chi connectivity index (χ1v) is 19.9. The van der Waals surface area contributed by atoms with Crippen LogP contribution in [0.3, 0.4) is 0 Å². The highest BCUT2D eigenvalue weighted by Crippen LogP contribution is 2.66. The summed E-state index contributed by atoms with van der Waals surface area (Å²) in [6, 6.07) is 0. The van der Waals surface area contributed by atoms with Crippen molar-refractivity contribution in [3.63, 3.8) is 0 Å². The van der Waals surface area contributed by atoms with Crippen LogP contribution in [0.1, 0.15) is 25.7 Å². The highest BCUT2D eigenvalue weighted by molar-refractivity contribution is 8.76. The summed E-state index contributed by atoms with van der Waals surface area (Å²) >= 11 is 0. The Morgan fingerprint density at radius 1 is 0.250 bits per heavy atom. The Morgan fingerprint density at radius 2 is 0.426 bits per heavy atom. The number of hydrogen-bond acceptors (Lipinski definition) is 2. The van der Waals surface area contributed by atoms with Gasteiger partial charge in [-0.05, 0) is 0 Å². The summed E-state index contributed by atoms with van der Waals surface area (Å²) in [6.45, 7) is -2.21. The largest absolute Gasteiger partial charge is 0.460 e. The van der Waals surface area contributed by atoms with E-state index in [1.165, 1.54) is 0 Å². The van der Waals surface area contributed by atoms with Gasteiger partial charge in [-0.3, -0.25) is 0 Å². The lowest BCUT2D eigenvalue weighted by Gasteiger charge is -2.43. The van der Waals surface area contributed by atoms with Crippen molar-refractivity contribution >= 4 is 21.6 Å². The van der Waals surface area contributed by atoms with Crippen LogP contribution in [-0.4, -0.2) is 170 Å². The monoisotopic (exact) mass is 1130 g/mol. The van der Waals surface area contributed by atoms with Crippen molar-refractivity contribution in [2.45, 2.75) is 121 Å². The predicted molar refractivity (Wildman–Crippen MR) is 168 cm³/mol. The Morgan fingerprint density at radius 3 is 0.618 bits per heavy atom. The highest BCUT2D eigenvalue weighted by atomic mass is 33.1. The fraction of sp³-hybridized carbons (Fsp3) is 1.00. The normalized spacial score (nSPS) is 16.5.